The molecule has 1 aromatic heterocycles. The molecule has 0 aliphatic carbocycles. The van der Waals surface area contributed by atoms with E-state index in [1.807, 2.05) is 32.9 Å². The Morgan fingerprint density at radius 1 is 1.33 bits per heavy atom. The summed E-state index contributed by atoms with van der Waals surface area (Å²) in [7, 11) is 1.62. The van der Waals surface area contributed by atoms with Crippen molar-refractivity contribution in [3.63, 3.8) is 0 Å². The van der Waals surface area contributed by atoms with Crippen LogP contribution in [0.4, 0.5) is 5.69 Å². The number of aromatic nitrogens is 1. The van der Waals surface area contributed by atoms with Crippen LogP contribution in [0.5, 0.6) is 0 Å². The van der Waals surface area contributed by atoms with Crippen molar-refractivity contribution in [3.8, 4) is 0 Å². The molecule has 0 aliphatic rings. The van der Waals surface area contributed by atoms with E-state index in [1.54, 1.807) is 45.9 Å². The third-order valence-corrected chi connectivity index (χ3v) is 4.15. The monoisotopic (exact) mass is 327 g/mol. The van der Waals surface area contributed by atoms with E-state index in [0.717, 1.165) is 16.7 Å². The summed E-state index contributed by atoms with van der Waals surface area (Å²) in [5.74, 6) is 0. The summed E-state index contributed by atoms with van der Waals surface area (Å²) in [6, 6.07) is 2.02. The molecular weight excluding hydrogens is 299 g/mol. The Bertz CT molecular complexity index is 604. The Labute approximate surface area is 146 Å². The third kappa shape index (κ3) is 5.66. The molecule has 0 aliphatic heterocycles. The fourth-order valence-corrected chi connectivity index (χ4v) is 1.82. The number of hydrogen-bond acceptors (Lipinski definition) is 4. The van der Waals surface area contributed by atoms with Gasteiger partial charge in [-0.05, 0) is 51.7 Å². The van der Waals surface area contributed by atoms with Crippen LogP contribution >= 0.6 is 0 Å². The minimum Gasteiger partial charge on any atom is -0.427 e. The van der Waals surface area contributed by atoms with Crippen molar-refractivity contribution in [3.05, 3.63) is 55.4 Å². The van der Waals surface area contributed by atoms with Crippen molar-refractivity contribution < 1.29 is 9.76 Å². The number of allylic oxidation sites excluding steroid dienone is 2. The summed E-state index contributed by atoms with van der Waals surface area (Å²) < 4.78 is 5.76. The number of nitrogens with one attached hydrogen (secondary N) is 1. The summed E-state index contributed by atoms with van der Waals surface area (Å²) in [4.78, 5) is 4.23. The molecular formula is C19H28BN2O2. The topological polar surface area (TPSA) is 54.4 Å². The van der Waals surface area contributed by atoms with E-state index in [0.29, 0.717) is 0 Å². The molecule has 0 aromatic carbocycles. The van der Waals surface area contributed by atoms with Crippen LogP contribution < -0.4 is 10.8 Å². The summed E-state index contributed by atoms with van der Waals surface area (Å²) in [5.41, 5.74) is 1.05. The van der Waals surface area contributed by atoms with Gasteiger partial charge in [0.1, 0.15) is 0 Å². The van der Waals surface area contributed by atoms with Gasteiger partial charge in [0.05, 0.1) is 16.9 Å². The summed E-state index contributed by atoms with van der Waals surface area (Å²) in [5, 5.41) is 13.5. The van der Waals surface area contributed by atoms with Crippen LogP contribution in [0, 0.1) is 0 Å². The van der Waals surface area contributed by atoms with Gasteiger partial charge in [-0.15, -0.1) is 0 Å². The predicted molar refractivity (Wildman–Crippen MR) is 103 cm³/mol. The average Bonchev–Trinajstić information content (AvgIpc) is 2.50. The molecule has 0 saturated carbocycles. The molecule has 1 aromatic rings. The van der Waals surface area contributed by atoms with Crippen molar-refractivity contribution in [1.29, 1.82) is 0 Å². The Balaban J connectivity index is 2.79. The average molecular weight is 327 g/mol. The molecule has 0 fully saturated rings. The zero-order valence-corrected chi connectivity index (χ0v) is 15.3. The molecule has 4 nitrogen and oxygen atoms in total. The second-order valence-electron chi connectivity index (χ2n) is 6.78. The first kappa shape index (κ1) is 20.2. The molecule has 2 N–H and O–H groups in total. The number of hydrogen-bond donors (Lipinski definition) is 2. The lowest BCUT2D eigenvalue weighted by atomic mass is 9.83. The normalized spacial score (nSPS) is 14.0. The Hall–Kier alpha value is -1.85. The lowest BCUT2D eigenvalue weighted by Crippen LogP contribution is -2.49. The van der Waals surface area contributed by atoms with E-state index < -0.39 is 11.2 Å². The first-order valence-corrected chi connectivity index (χ1v) is 8.01. The number of pyridine rings is 1. The maximum absolute atomic E-state index is 10.1. The van der Waals surface area contributed by atoms with Gasteiger partial charge in [0.25, 0.3) is 0 Å². The van der Waals surface area contributed by atoms with E-state index in [2.05, 4.69) is 23.5 Å². The lowest BCUT2D eigenvalue weighted by Gasteiger charge is -2.37. The minimum absolute atomic E-state index is 0.0753. The molecule has 0 saturated heterocycles. The van der Waals surface area contributed by atoms with Gasteiger partial charge < -0.3 is 15.1 Å². The summed E-state index contributed by atoms with van der Waals surface area (Å²) >= 11 is 0. The Kier molecular flexibility index (Phi) is 7.00. The van der Waals surface area contributed by atoms with E-state index in [4.69, 9.17) is 4.65 Å². The summed E-state index contributed by atoms with van der Waals surface area (Å²) in [6.45, 7) is 16.7. The van der Waals surface area contributed by atoms with Gasteiger partial charge in [0.15, 0.2) is 0 Å². The fraction of sp³-hybridized carbons (Fsp3) is 0.421. The zero-order chi connectivity index (χ0) is 18.4. The standard InChI is InChI=1S/C19H28BN2O2/c1-8-10-15(9-2)14(3)22-17-11-16(12-21-13-17)20-24-19(6,7)18(4,5)23/h8-14,22-23H,1-2H2,3-7H3/b15-10+/t14-/m0/s1. The smallest absolute Gasteiger partial charge is 0.332 e. The third-order valence-electron chi connectivity index (χ3n) is 4.15. The van der Waals surface area contributed by atoms with Crippen molar-refractivity contribution in [2.75, 3.05) is 5.32 Å². The molecule has 5 heteroatoms. The highest BCUT2D eigenvalue weighted by molar-refractivity contribution is 6.47. The van der Waals surface area contributed by atoms with Gasteiger partial charge in [-0.3, -0.25) is 4.98 Å². The van der Waals surface area contributed by atoms with E-state index in [-0.39, 0.29) is 6.04 Å². The molecule has 1 radical (unpaired) electrons. The van der Waals surface area contributed by atoms with Crippen LogP contribution in [0.25, 0.3) is 0 Å². The van der Waals surface area contributed by atoms with Gasteiger partial charge in [-0.1, -0.05) is 31.4 Å². The van der Waals surface area contributed by atoms with E-state index in [9.17, 15) is 5.11 Å². The highest BCUT2D eigenvalue weighted by atomic mass is 16.5. The van der Waals surface area contributed by atoms with Crippen LogP contribution in [0.1, 0.15) is 34.6 Å². The molecule has 1 atom stereocenters. The maximum atomic E-state index is 10.1. The first-order chi connectivity index (χ1) is 11.1. The second kappa shape index (κ2) is 8.31. The maximum Gasteiger partial charge on any atom is 0.332 e. The van der Waals surface area contributed by atoms with Gasteiger partial charge in [-0.2, -0.15) is 0 Å². The number of anilines is 1. The van der Waals surface area contributed by atoms with Crippen LogP contribution in [0.2, 0.25) is 0 Å². The highest BCUT2D eigenvalue weighted by Crippen LogP contribution is 2.24. The number of nitrogens with zero attached hydrogens (tertiary/aromatic N) is 1. The van der Waals surface area contributed by atoms with Crippen molar-refractivity contribution >= 4 is 18.6 Å². The fourth-order valence-electron chi connectivity index (χ4n) is 1.82. The van der Waals surface area contributed by atoms with Gasteiger partial charge in [-0.25, -0.2) is 0 Å². The molecule has 1 rings (SSSR count). The predicted octanol–water partition coefficient (Wildman–Crippen LogP) is 2.99. The number of rotatable bonds is 9. The molecule has 129 valence electrons. The zero-order valence-electron chi connectivity index (χ0n) is 15.3. The quantitative estimate of drug-likeness (QED) is 0.541. The van der Waals surface area contributed by atoms with Crippen LogP contribution in [0.15, 0.2) is 55.4 Å². The summed E-state index contributed by atoms with van der Waals surface area (Å²) in [6.07, 6.45) is 8.93. The number of aliphatic hydroxyl groups is 1. The molecule has 0 amide bonds. The van der Waals surface area contributed by atoms with E-state index in [1.165, 1.54) is 0 Å². The second-order valence-corrected chi connectivity index (χ2v) is 6.78. The van der Waals surface area contributed by atoms with Crippen molar-refractivity contribution in [2.24, 2.45) is 0 Å². The van der Waals surface area contributed by atoms with Gasteiger partial charge in [0, 0.05) is 18.4 Å². The molecule has 0 spiro atoms. The lowest BCUT2D eigenvalue weighted by molar-refractivity contribution is -0.0893. The van der Waals surface area contributed by atoms with E-state index >= 15 is 0 Å². The van der Waals surface area contributed by atoms with Crippen molar-refractivity contribution in [1.82, 2.24) is 4.98 Å². The minimum atomic E-state index is -0.963. The van der Waals surface area contributed by atoms with Gasteiger partial charge >= 0.3 is 7.48 Å². The highest BCUT2D eigenvalue weighted by Gasteiger charge is 2.35. The van der Waals surface area contributed by atoms with Crippen LogP contribution in [-0.2, 0) is 4.65 Å². The van der Waals surface area contributed by atoms with Crippen LogP contribution in [-0.4, -0.2) is 34.8 Å². The van der Waals surface area contributed by atoms with Gasteiger partial charge in [0.2, 0.25) is 0 Å². The molecule has 0 unspecified atom stereocenters. The van der Waals surface area contributed by atoms with Crippen molar-refractivity contribution in [2.45, 2.75) is 51.9 Å². The SMILES string of the molecule is C=C/C=C(\C=C)[C@H](C)Nc1cncc([B]OC(C)(C)C(C)(C)O)c1. The molecule has 1 heterocycles. The Morgan fingerprint density at radius 3 is 2.54 bits per heavy atom. The molecule has 24 heavy (non-hydrogen) atoms. The Morgan fingerprint density at radius 2 is 2.00 bits per heavy atom. The molecule has 0 bridgehead atoms. The van der Waals surface area contributed by atoms with Crippen LogP contribution in [0.3, 0.4) is 0 Å². The largest absolute Gasteiger partial charge is 0.427 e. The first-order valence-electron chi connectivity index (χ1n) is 8.01.